The van der Waals surface area contributed by atoms with E-state index in [-0.39, 0.29) is 17.0 Å². The summed E-state index contributed by atoms with van der Waals surface area (Å²) in [6.07, 6.45) is 4.18. The van der Waals surface area contributed by atoms with Gasteiger partial charge in [-0.2, -0.15) is 0 Å². The molecule has 1 fully saturated rings. The van der Waals surface area contributed by atoms with Gasteiger partial charge in [0.05, 0.1) is 11.1 Å². The van der Waals surface area contributed by atoms with Gasteiger partial charge in [0.15, 0.2) is 0 Å². The number of sulfonamides is 1. The summed E-state index contributed by atoms with van der Waals surface area (Å²) in [6.45, 7) is 0. The van der Waals surface area contributed by atoms with Gasteiger partial charge >= 0.3 is 5.97 Å². The highest BCUT2D eigenvalue weighted by Crippen LogP contribution is 2.39. The Balaban J connectivity index is 1.80. The van der Waals surface area contributed by atoms with Gasteiger partial charge in [-0.1, -0.05) is 56.0 Å². The summed E-state index contributed by atoms with van der Waals surface area (Å²) in [6, 6.07) is 14.5. The van der Waals surface area contributed by atoms with Crippen LogP contribution in [0.4, 0.5) is 11.4 Å². The second-order valence-electron chi connectivity index (χ2n) is 7.69. The number of carbonyl (C=O) groups excluding carboxylic acids is 1. The molecule has 0 saturated heterocycles. The lowest BCUT2D eigenvalue weighted by atomic mass is 9.77. The second-order valence-corrected chi connectivity index (χ2v) is 9.34. The first kappa shape index (κ1) is 21.8. The van der Waals surface area contributed by atoms with Crippen LogP contribution in [0.5, 0.6) is 0 Å². The summed E-state index contributed by atoms with van der Waals surface area (Å²) >= 11 is 0. The van der Waals surface area contributed by atoms with Crippen LogP contribution in [0, 0.1) is 5.41 Å². The molecule has 0 heterocycles. The summed E-state index contributed by atoms with van der Waals surface area (Å²) in [5.41, 5.74) is -0.571. The fourth-order valence-electron chi connectivity index (χ4n) is 3.89. The zero-order chi connectivity index (χ0) is 21.6. The smallest absolute Gasteiger partial charge is 0.310 e. The third-order valence-electron chi connectivity index (χ3n) is 5.49. The minimum Gasteiger partial charge on any atom is -0.481 e. The highest BCUT2D eigenvalue weighted by Gasteiger charge is 2.40. The number of amides is 1. The van der Waals surface area contributed by atoms with E-state index >= 15 is 0 Å². The van der Waals surface area contributed by atoms with E-state index in [1.807, 2.05) is 0 Å². The van der Waals surface area contributed by atoms with Crippen LogP contribution < -0.4 is 10.0 Å². The zero-order valence-corrected chi connectivity index (χ0v) is 17.5. The maximum absolute atomic E-state index is 12.9. The lowest BCUT2D eigenvalue weighted by Crippen LogP contribution is -2.35. The van der Waals surface area contributed by atoms with Crippen molar-refractivity contribution in [1.82, 2.24) is 0 Å². The number of carboxylic acid groups (broad SMARTS) is 1. The molecule has 0 spiro atoms. The molecule has 0 aliphatic heterocycles. The quantitative estimate of drug-likeness (QED) is 0.569. The summed E-state index contributed by atoms with van der Waals surface area (Å²) in [5, 5.41) is 12.4. The number of benzene rings is 2. The number of hydrogen-bond acceptors (Lipinski definition) is 4. The lowest BCUT2D eigenvalue weighted by Gasteiger charge is -2.27. The van der Waals surface area contributed by atoms with Gasteiger partial charge in [-0.3, -0.25) is 14.3 Å². The Bertz CT molecular complexity index is 997. The SMILES string of the molecule is O=C(CC1(C(=O)O)CCCCCC1)Nc1ccccc1S(=O)(=O)Nc1ccccc1. The molecule has 160 valence electrons. The Morgan fingerprint density at radius 2 is 1.50 bits per heavy atom. The van der Waals surface area contributed by atoms with Crippen molar-refractivity contribution in [3.05, 3.63) is 54.6 Å². The minimum atomic E-state index is -3.94. The van der Waals surface area contributed by atoms with E-state index in [4.69, 9.17) is 0 Å². The third kappa shape index (κ3) is 5.18. The standard InChI is InChI=1S/C22H26N2O5S/c25-20(16-22(21(26)27)14-8-1-2-9-15-22)23-18-12-6-7-13-19(18)30(28,29)24-17-10-4-3-5-11-17/h3-7,10-13,24H,1-2,8-9,14-16H2,(H,23,25)(H,26,27). The summed E-state index contributed by atoms with van der Waals surface area (Å²) in [4.78, 5) is 24.6. The topological polar surface area (TPSA) is 113 Å². The molecule has 0 atom stereocenters. The first-order chi connectivity index (χ1) is 14.3. The van der Waals surface area contributed by atoms with Gasteiger partial charge in [-0.25, -0.2) is 8.42 Å². The van der Waals surface area contributed by atoms with Gasteiger partial charge < -0.3 is 10.4 Å². The molecule has 1 aliphatic rings. The molecule has 8 heteroatoms. The first-order valence-corrected chi connectivity index (χ1v) is 11.5. The number of carbonyl (C=O) groups is 2. The largest absolute Gasteiger partial charge is 0.481 e. The lowest BCUT2D eigenvalue weighted by molar-refractivity contribution is -0.152. The maximum Gasteiger partial charge on any atom is 0.310 e. The number of aliphatic carboxylic acids is 1. The second kappa shape index (κ2) is 9.30. The van der Waals surface area contributed by atoms with E-state index in [0.29, 0.717) is 18.5 Å². The van der Waals surface area contributed by atoms with Crippen LogP contribution in [-0.2, 0) is 19.6 Å². The molecule has 0 bridgehead atoms. The highest BCUT2D eigenvalue weighted by atomic mass is 32.2. The molecule has 3 rings (SSSR count). The van der Waals surface area contributed by atoms with Gasteiger partial charge in [0.25, 0.3) is 10.0 Å². The van der Waals surface area contributed by atoms with Crippen molar-refractivity contribution in [1.29, 1.82) is 0 Å². The van der Waals surface area contributed by atoms with Crippen molar-refractivity contribution < 1.29 is 23.1 Å². The normalized spacial score (nSPS) is 16.3. The molecule has 2 aromatic carbocycles. The zero-order valence-electron chi connectivity index (χ0n) is 16.6. The first-order valence-electron chi connectivity index (χ1n) is 10.0. The Labute approximate surface area is 176 Å². The summed E-state index contributed by atoms with van der Waals surface area (Å²) in [5.74, 6) is -1.46. The molecule has 1 amide bonds. The molecule has 1 saturated carbocycles. The van der Waals surface area contributed by atoms with Crippen molar-refractivity contribution in [2.75, 3.05) is 10.0 Å². The van der Waals surface area contributed by atoms with E-state index in [0.717, 1.165) is 25.7 Å². The van der Waals surface area contributed by atoms with Crippen molar-refractivity contribution >= 4 is 33.3 Å². The van der Waals surface area contributed by atoms with Crippen molar-refractivity contribution in [3.8, 4) is 0 Å². The molecule has 0 radical (unpaired) electrons. The molecule has 30 heavy (non-hydrogen) atoms. The molecule has 2 aromatic rings. The van der Waals surface area contributed by atoms with Gasteiger partial charge in [0.2, 0.25) is 5.91 Å². The van der Waals surface area contributed by atoms with E-state index in [2.05, 4.69) is 10.0 Å². The van der Waals surface area contributed by atoms with Gasteiger partial charge in [0, 0.05) is 12.1 Å². The van der Waals surface area contributed by atoms with Crippen LogP contribution in [0.2, 0.25) is 0 Å². The number of hydrogen-bond donors (Lipinski definition) is 3. The molecule has 3 N–H and O–H groups in total. The Kier molecular flexibility index (Phi) is 6.77. The molecule has 0 unspecified atom stereocenters. The Morgan fingerprint density at radius 1 is 0.900 bits per heavy atom. The molecule has 1 aliphatic carbocycles. The molecule has 0 aromatic heterocycles. The average molecular weight is 431 g/mol. The maximum atomic E-state index is 12.9. The minimum absolute atomic E-state index is 0.0764. The van der Waals surface area contributed by atoms with Crippen LogP contribution in [0.25, 0.3) is 0 Å². The third-order valence-corrected chi connectivity index (χ3v) is 6.93. The highest BCUT2D eigenvalue weighted by molar-refractivity contribution is 7.92. The van der Waals surface area contributed by atoms with E-state index in [1.165, 1.54) is 12.1 Å². The number of anilines is 2. The average Bonchev–Trinajstić information content (AvgIpc) is 2.95. The summed E-state index contributed by atoms with van der Waals surface area (Å²) in [7, 11) is -3.94. The number of rotatable bonds is 7. The molecular weight excluding hydrogens is 404 g/mol. The number of nitrogens with one attached hydrogen (secondary N) is 2. The van der Waals surface area contributed by atoms with Gasteiger partial charge in [0.1, 0.15) is 4.90 Å². The van der Waals surface area contributed by atoms with Gasteiger partial charge in [-0.15, -0.1) is 0 Å². The van der Waals surface area contributed by atoms with Crippen LogP contribution in [-0.4, -0.2) is 25.4 Å². The Morgan fingerprint density at radius 3 is 2.13 bits per heavy atom. The van der Waals surface area contributed by atoms with E-state index < -0.39 is 27.3 Å². The monoisotopic (exact) mass is 430 g/mol. The van der Waals surface area contributed by atoms with E-state index in [9.17, 15) is 23.1 Å². The van der Waals surface area contributed by atoms with Crippen LogP contribution >= 0.6 is 0 Å². The summed E-state index contributed by atoms with van der Waals surface area (Å²) < 4.78 is 28.2. The Hall–Kier alpha value is -2.87. The number of para-hydroxylation sites is 2. The van der Waals surface area contributed by atoms with Crippen LogP contribution in [0.15, 0.2) is 59.5 Å². The van der Waals surface area contributed by atoms with Crippen molar-refractivity contribution in [2.24, 2.45) is 5.41 Å². The van der Waals surface area contributed by atoms with Crippen LogP contribution in [0.1, 0.15) is 44.9 Å². The fourth-order valence-corrected chi connectivity index (χ4v) is 5.12. The predicted molar refractivity (Wildman–Crippen MR) is 115 cm³/mol. The molecule has 7 nitrogen and oxygen atoms in total. The van der Waals surface area contributed by atoms with Gasteiger partial charge in [-0.05, 0) is 37.1 Å². The fraction of sp³-hybridized carbons (Fsp3) is 0.364. The molecular formula is C22H26N2O5S. The van der Waals surface area contributed by atoms with E-state index in [1.54, 1.807) is 42.5 Å². The van der Waals surface area contributed by atoms with Crippen LogP contribution in [0.3, 0.4) is 0 Å². The van der Waals surface area contributed by atoms with Crippen molar-refractivity contribution in [2.45, 2.75) is 49.8 Å². The number of carboxylic acids is 1. The van der Waals surface area contributed by atoms with Crippen molar-refractivity contribution in [3.63, 3.8) is 0 Å². The predicted octanol–water partition coefficient (Wildman–Crippen LogP) is 4.24.